The van der Waals surface area contributed by atoms with Crippen LogP contribution in [0.3, 0.4) is 0 Å². The number of thioether (sulfide) groups is 1. The molecule has 1 amide bonds. The predicted molar refractivity (Wildman–Crippen MR) is 79.6 cm³/mol. The molecule has 1 saturated heterocycles. The maximum absolute atomic E-state index is 12.1. The zero-order chi connectivity index (χ0) is 13.7. The van der Waals surface area contributed by atoms with E-state index in [-0.39, 0.29) is 5.91 Å². The molecule has 110 valence electrons. The van der Waals surface area contributed by atoms with Gasteiger partial charge in [-0.05, 0) is 32.6 Å². The van der Waals surface area contributed by atoms with E-state index < -0.39 is 0 Å². The van der Waals surface area contributed by atoms with E-state index in [0.29, 0.717) is 25.7 Å². The molecule has 0 unspecified atom stereocenters. The van der Waals surface area contributed by atoms with Gasteiger partial charge in [-0.2, -0.15) is 11.8 Å². The smallest absolute Gasteiger partial charge is 0.224 e. The number of amides is 1. The van der Waals surface area contributed by atoms with Gasteiger partial charge in [0, 0.05) is 37.3 Å². The third-order valence-electron chi connectivity index (χ3n) is 4.36. The highest BCUT2D eigenvalue weighted by Gasteiger charge is 2.27. The molecule has 2 rings (SSSR count). The van der Waals surface area contributed by atoms with Crippen LogP contribution in [0.1, 0.15) is 25.7 Å². The molecule has 0 N–H and O–H groups in total. The summed E-state index contributed by atoms with van der Waals surface area (Å²) in [4.78, 5) is 16.4. The molecule has 1 aliphatic heterocycles. The molecule has 2 fully saturated rings. The van der Waals surface area contributed by atoms with Crippen LogP contribution in [0.4, 0.5) is 0 Å². The van der Waals surface area contributed by atoms with E-state index in [0.717, 1.165) is 24.9 Å². The lowest BCUT2D eigenvalue weighted by molar-refractivity contribution is -0.135. The van der Waals surface area contributed by atoms with Crippen molar-refractivity contribution in [3.05, 3.63) is 0 Å². The molecular weight excluding hydrogens is 260 g/mol. The first-order valence-corrected chi connectivity index (χ1v) is 8.58. The van der Waals surface area contributed by atoms with E-state index in [1.54, 1.807) is 0 Å². The average molecular weight is 286 g/mol. The fraction of sp³-hybridized carbons (Fsp3) is 0.929. The van der Waals surface area contributed by atoms with Gasteiger partial charge in [0.15, 0.2) is 0 Å². The summed E-state index contributed by atoms with van der Waals surface area (Å²) in [5, 5.41) is 0.822. The summed E-state index contributed by atoms with van der Waals surface area (Å²) < 4.78 is 5.27. The number of hydrogen-bond donors (Lipinski definition) is 0. The summed E-state index contributed by atoms with van der Waals surface area (Å²) in [5.74, 6) is 0.287. The molecule has 19 heavy (non-hydrogen) atoms. The van der Waals surface area contributed by atoms with Crippen LogP contribution in [0, 0.1) is 0 Å². The molecule has 0 radical (unpaired) electrons. The van der Waals surface area contributed by atoms with Crippen molar-refractivity contribution in [2.75, 3.05) is 46.2 Å². The number of rotatable bonds is 5. The van der Waals surface area contributed by atoms with Gasteiger partial charge in [0.25, 0.3) is 0 Å². The topological polar surface area (TPSA) is 32.8 Å². The fourth-order valence-corrected chi connectivity index (χ4v) is 3.74. The lowest BCUT2D eigenvalue weighted by Crippen LogP contribution is -2.42. The Morgan fingerprint density at radius 2 is 2.11 bits per heavy atom. The van der Waals surface area contributed by atoms with Crippen LogP contribution >= 0.6 is 11.8 Å². The third kappa shape index (κ3) is 4.36. The first kappa shape index (κ1) is 15.1. The van der Waals surface area contributed by atoms with Crippen LogP contribution in [0.25, 0.3) is 0 Å². The predicted octanol–water partition coefficient (Wildman–Crippen LogP) is 1.45. The second-order valence-electron chi connectivity index (χ2n) is 5.55. The van der Waals surface area contributed by atoms with Gasteiger partial charge in [-0.1, -0.05) is 0 Å². The highest BCUT2D eigenvalue weighted by atomic mass is 32.2. The molecule has 0 aromatic heterocycles. The molecule has 1 aliphatic carbocycles. The highest BCUT2D eigenvalue weighted by Crippen LogP contribution is 2.30. The lowest BCUT2D eigenvalue weighted by Gasteiger charge is -2.29. The van der Waals surface area contributed by atoms with E-state index in [2.05, 4.69) is 18.2 Å². The molecule has 0 bridgehead atoms. The fourth-order valence-electron chi connectivity index (χ4n) is 2.96. The maximum atomic E-state index is 12.1. The Bertz CT molecular complexity index is 295. The molecule has 2 atom stereocenters. The summed E-state index contributed by atoms with van der Waals surface area (Å²) in [6.45, 7) is 3.81. The minimum Gasteiger partial charge on any atom is -0.378 e. The van der Waals surface area contributed by atoms with Crippen molar-refractivity contribution in [2.45, 2.75) is 37.0 Å². The largest absolute Gasteiger partial charge is 0.378 e. The normalized spacial score (nSPS) is 28.1. The Morgan fingerprint density at radius 1 is 1.37 bits per heavy atom. The number of nitrogens with zero attached hydrogens (tertiary/aromatic N) is 2. The van der Waals surface area contributed by atoms with Crippen LogP contribution in [0.5, 0.6) is 0 Å². The summed E-state index contributed by atoms with van der Waals surface area (Å²) >= 11 is 1.98. The molecule has 4 nitrogen and oxygen atoms in total. The first-order valence-electron chi connectivity index (χ1n) is 7.29. The van der Waals surface area contributed by atoms with Gasteiger partial charge in [0.2, 0.25) is 5.91 Å². The van der Waals surface area contributed by atoms with Crippen molar-refractivity contribution in [3.8, 4) is 0 Å². The summed E-state index contributed by atoms with van der Waals surface area (Å²) in [7, 11) is 2.17. The van der Waals surface area contributed by atoms with Crippen molar-refractivity contribution in [1.29, 1.82) is 0 Å². The minimum absolute atomic E-state index is 0.287. The molecule has 1 heterocycles. The molecule has 2 aliphatic rings. The highest BCUT2D eigenvalue weighted by molar-refractivity contribution is 7.99. The molecule has 1 saturated carbocycles. The minimum atomic E-state index is 0.287. The lowest BCUT2D eigenvalue weighted by atomic mass is 10.2. The van der Waals surface area contributed by atoms with Gasteiger partial charge in [0.1, 0.15) is 0 Å². The molecule has 0 aromatic rings. The second-order valence-corrected chi connectivity index (χ2v) is 6.69. The summed E-state index contributed by atoms with van der Waals surface area (Å²) in [6.07, 6.45) is 6.75. The van der Waals surface area contributed by atoms with Crippen LogP contribution in [-0.2, 0) is 9.53 Å². The van der Waals surface area contributed by atoms with E-state index >= 15 is 0 Å². The average Bonchev–Trinajstić information content (AvgIpc) is 2.94. The Kier molecular flexibility index (Phi) is 5.98. The zero-order valence-electron chi connectivity index (χ0n) is 12.1. The van der Waals surface area contributed by atoms with Crippen LogP contribution in [0.15, 0.2) is 0 Å². The number of carbonyl (C=O) groups is 1. The third-order valence-corrected chi connectivity index (χ3v) is 5.45. The Hall–Kier alpha value is -0.260. The van der Waals surface area contributed by atoms with Gasteiger partial charge in [-0.25, -0.2) is 0 Å². The zero-order valence-corrected chi connectivity index (χ0v) is 13.0. The Morgan fingerprint density at radius 3 is 2.74 bits per heavy atom. The second kappa shape index (κ2) is 7.50. The number of carbonyl (C=O) groups excluding carboxylic acids is 1. The van der Waals surface area contributed by atoms with Gasteiger partial charge in [-0.15, -0.1) is 0 Å². The maximum Gasteiger partial charge on any atom is 0.224 e. The Labute approximate surface area is 120 Å². The molecule has 0 aromatic carbocycles. The first-order chi connectivity index (χ1) is 9.20. The van der Waals surface area contributed by atoms with E-state index in [1.807, 2.05) is 16.7 Å². The quantitative estimate of drug-likeness (QED) is 0.766. The SMILES string of the molecule is CS[C@@H]1CC[C@H](N(C)CCC(=O)N2CCOCC2)C1. The number of morpholine rings is 1. The van der Waals surface area contributed by atoms with Crippen LogP contribution in [-0.4, -0.2) is 73.2 Å². The van der Waals surface area contributed by atoms with Crippen molar-refractivity contribution in [2.24, 2.45) is 0 Å². The van der Waals surface area contributed by atoms with Gasteiger partial charge in [-0.3, -0.25) is 4.79 Å². The summed E-state index contributed by atoms with van der Waals surface area (Å²) in [5.41, 5.74) is 0. The van der Waals surface area contributed by atoms with Crippen molar-refractivity contribution >= 4 is 17.7 Å². The molecule has 0 spiro atoms. The van der Waals surface area contributed by atoms with E-state index in [9.17, 15) is 4.79 Å². The molecular formula is C14H26N2O2S. The summed E-state index contributed by atoms with van der Waals surface area (Å²) in [6, 6.07) is 0.676. The van der Waals surface area contributed by atoms with E-state index in [1.165, 1.54) is 19.3 Å². The standard InChI is InChI=1S/C14H26N2O2S/c1-15(12-3-4-13(11-12)19-2)6-5-14(17)16-7-9-18-10-8-16/h12-13H,3-11H2,1-2H3/t12-,13+/m0/s1. The van der Waals surface area contributed by atoms with Crippen molar-refractivity contribution in [3.63, 3.8) is 0 Å². The van der Waals surface area contributed by atoms with Crippen molar-refractivity contribution in [1.82, 2.24) is 9.80 Å². The number of hydrogen-bond acceptors (Lipinski definition) is 4. The van der Waals surface area contributed by atoms with Gasteiger partial charge < -0.3 is 14.5 Å². The van der Waals surface area contributed by atoms with Crippen molar-refractivity contribution < 1.29 is 9.53 Å². The van der Waals surface area contributed by atoms with Gasteiger partial charge in [0.05, 0.1) is 13.2 Å². The Balaban J connectivity index is 1.68. The monoisotopic (exact) mass is 286 g/mol. The van der Waals surface area contributed by atoms with Gasteiger partial charge >= 0.3 is 0 Å². The van der Waals surface area contributed by atoms with E-state index in [4.69, 9.17) is 4.74 Å². The molecule has 5 heteroatoms. The van der Waals surface area contributed by atoms with Crippen LogP contribution < -0.4 is 0 Å². The number of ether oxygens (including phenoxy) is 1. The van der Waals surface area contributed by atoms with Crippen LogP contribution in [0.2, 0.25) is 0 Å².